The van der Waals surface area contributed by atoms with Gasteiger partial charge < -0.3 is 0 Å². The minimum Gasteiger partial charge on any atom is -0.293 e. The summed E-state index contributed by atoms with van der Waals surface area (Å²) in [6, 6.07) is 13.1. The molecule has 1 unspecified atom stereocenters. The lowest BCUT2D eigenvalue weighted by atomic mass is 9.80. The van der Waals surface area contributed by atoms with Crippen molar-refractivity contribution in [3.05, 3.63) is 57.8 Å². The molecule has 88 valence electrons. The van der Waals surface area contributed by atoms with Gasteiger partial charge >= 0.3 is 0 Å². The summed E-state index contributed by atoms with van der Waals surface area (Å²) in [5.41, 5.74) is 2.92. The zero-order chi connectivity index (χ0) is 11.9. The molecular formula is C15H17NS. The average Bonchev–Trinajstić information content (AvgIpc) is 2.84. The molecule has 1 aliphatic rings. The molecule has 0 spiro atoms. The van der Waals surface area contributed by atoms with E-state index < -0.39 is 0 Å². The summed E-state index contributed by atoms with van der Waals surface area (Å²) in [5.74, 6) is 0. The first-order valence-electron chi connectivity index (χ1n) is 6.06. The van der Waals surface area contributed by atoms with Crippen LogP contribution in [0, 0.1) is 0 Å². The lowest BCUT2D eigenvalue weighted by Gasteiger charge is -2.43. The van der Waals surface area contributed by atoms with Gasteiger partial charge in [0.15, 0.2) is 0 Å². The second-order valence-electron chi connectivity index (χ2n) is 4.87. The first-order valence-corrected chi connectivity index (χ1v) is 6.94. The zero-order valence-electron chi connectivity index (χ0n) is 10.3. The number of thiophene rings is 1. The van der Waals surface area contributed by atoms with Gasteiger partial charge in [-0.2, -0.15) is 0 Å². The van der Waals surface area contributed by atoms with Gasteiger partial charge in [0.05, 0.1) is 5.54 Å². The Hall–Kier alpha value is -1.12. The molecular weight excluding hydrogens is 226 g/mol. The molecule has 0 fully saturated rings. The standard InChI is InChI=1S/C15H17NS/c1-15(12-6-4-3-5-7-12)13-9-11-17-14(13)8-10-16(15)2/h3-7,9,11H,8,10H2,1-2H3. The molecule has 2 heteroatoms. The predicted octanol–water partition coefficient (Wildman–Crippen LogP) is 3.50. The highest BCUT2D eigenvalue weighted by Gasteiger charge is 2.38. The first kappa shape index (κ1) is 11.0. The van der Waals surface area contributed by atoms with Gasteiger partial charge in [-0.05, 0) is 43.0 Å². The number of nitrogens with zero attached hydrogens (tertiary/aromatic N) is 1. The Balaban J connectivity index is 2.19. The van der Waals surface area contributed by atoms with Crippen molar-refractivity contribution in [2.24, 2.45) is 0 Å². The summed E-state index contributed by atoms with van der Waals surface area (Å²) in [4.78, 5) is 4.02. The number of fused-ring (bicyclic) bond motifs is 1. The fourth-order valence-corrected chi connectivity index (χ4v) is 3.78. The Bertz CT molecular complexity index is 517. The van der Waals surface area contributed by atoms with Gasteiger partial charge in [0.1, 0.15) is 0 Å². The highest BCUT2D eigenvalue weighted by atomic mass is 32.1. The third kappa shape index (κ3) is 1.55. The second kappa shape index (κ2) is 3.97. The zero-order valence-corrected chi connectivity index (χ0v) is 11.1. The van der Waals surface area contributed by atoms with Gasteiger partial charge in [-0.15, -0.1) is 11.3 Å². The van der Waals surface area contributed by atoms with Crippen molar-refractivity contribution in [2.45, 2.75) is 18.9 Å². The van der Waals surface area contributed by atoms with Crippen LogP contribution in [0.1, 0.15) is 22.9 Å². The van der Waals surface area contributed by atoms with Gasteiger partial charge in [0, 0.05) is 11.4 Å². The van der Waals surface area contributed by atoms with E-state index in [2.05, 4.69) is 60.6 Å². The van der Waals surface area contributed by atoms with Crippen LogP contribution < -0.4 is 0 Å². The quantitative estimate of drug-likeness (QED) is 0.741. The molecule has 0 aliphatic carbocycles. The van der Waals surface area contributed by atoms with Gasteiger partial charge in [0.25, 0.3) is 0 Å². The number of likely N-dealkylation sites (N-methyl/N-ethyl adjacent to an activating group) is 1. The normalized spacial score (nSPS) is 24.6. The van der Waals surface area contributed by atoms with E-state index in [0.29, 0.717) is 0 Å². The average molecular weight is 243 g/mol. The summed E-state index contributed by atoms with van der Waals surface area (Å²) < 4.78 is 0. The molecule has 1 aliphatic heterocycles. The van der Waals surface area contributed by atoms with Gasteiger partial charge in [0.2, 0.25) is 0 Å². The van der Waals surface area contributed by atoms with E-state index in [4.69, 9.17) is 0 Å². The molecule has 1 aromatic carbocycles. The summed E-state index contributed by atoms with van der Waals surface area (Å²) >= 11 is 1.90. The van der Waals surface area contributed by atoms with Crippen LogP contribution in [0.25, 0.3) is 0 Å². The van der Waals surface area contributed by atoms with Crippen LogP contribution in [-0.2, 0) is 12.0 Å². The van der Waals surface area contributed by atoms with Crippen molar-refractivity contribution >= 4 is 11.3 Å². The molecule has 2 heterocycles. The summed E-state index contributed by atoms with van der Waals surface area (Å²) in [6.45, 7) is 3.48. The van der Waals surface area contributed by atoms with Gasteiger partial charge in [-0.3, -0.25) is 4.90 Å². The maximum Gasteiger partial charge on any atom is 0.0695 e. The van der Waals surface area contributed by atoms with Crippen molar-refractivity contribution in [1.29, 1.82) is 0 Å². The first-order chi connectivity index (χ1) is 8.23. The fraction of sp³-hybridized carbons (Fsp3) is 0.333. The van der Waals surface area contributed by atoms with E-state index in [1.807, 2.05) is 11.3 Å². The maximum absolute atomic E-state index is 2.47. The molecule has 0 amide bonds. The molecule has 0 N–H and O–H groups in total. The SMILES string of the molecule is CN1CCc2sccc2C1(C)c1ccccc1. The molecule has 1 atom stereocenters. The number of benzene rings is 1. The third-order valence-corrected chi connectivity index (χ3v) is 5.02. The number of hydrogen-bond acceptors (Lipinski definition) is 2. The monoisotopic (exact) mass is 243 g/mol. The van der Waals surface area contributed by atoms with Crippen LogP contribution in [0.2, 0.25) is 0 Å². The van der Waals surface area contributed by atoms with E-state index in [1.54, 1.807) is 4.88 Å². The Labute approximate surface area is 107 Å². The van der Waals surface area contributed by atoms with E-state index >= 15 is 0 Å². The third-order valence-electron chi connectivity index (χ3n) is 4.04. The maximum atomic E-state index is 2.47. The van der Waals surface area contributed by atoms with Crippen LogP contribution in [0.5, 0.6) is 0 Å². The van der Waals surface area contributed by atoms with Crippen molar-refractivity contribution in [3.8, 4) is 0 Å². The Morgan fingerprint density at radius 3 is 2.71 bits per heavy atom. The molecule has 0 saturated heterocycles. The molecule has 2 aromatic rings. The lowest BCUT2D eigenvalue weighted by molar-refractivity contribution is 0.167. The molecule has 17 heavy (non-hydrogen) atoms. The van der Waals surface area contributed by atoms with Crippen molar-refractivity contribution < 1.29 is 0 Å². The van der Waals surface area contributed by atoms with E-state index in [1.165, 1.54) is 17.5 Å². The Morgan fingerprint density at radius 1 is 1.18 bits per heavy atom. The van der Waals surface area contributed by atoms with Crippen molar-refractivity contribution in [1.82, 2.24) is 4.90 Å². The lowest BCUT2D eigenvalue weighted by Crippen LogP contribution is -2.46. The minimum absolute atomic E-state index is 0.0366. The van der Waals surface area contributed by atoms with Crippen LogP contribution in [-0.4, -0.2) is 18.5 Å². The van der Waals surface area contributed by atoms with Gasteiger partial charge in [-0.25, -0.2) is 0 Å². The van der Waals surface area contributed by atoms with E-state index in [-0.39, 0.29) is 5.54 Å². The van der Waals surface area contributed by atoms with Crippen LogP contribution in [0.15, 0.2) is 41.8 Å². The summed E-state index contributed by atoms with van der Waals surface area (Å²) in [6.07, 6.45) is 1.19. The molecule has 1 nitrogen and oxygen atoms in total. The molecule has 0 bridgehead atoms. The Morgan fingerprint density at radius 2 is 1.94 bits per heavy atom. The highest BCUT2D eigenvalue weighted by molar-refractivity contribution is 7.10. The molecule has 0 saturated carbocycles. The smallest absolute Gasteiger partial charge is 0.0695 e. The number of hydrogen-bond donors (Lipinski definition) is 0. The minimum atomic E-state index is 0.0366. The molecule has 3 rings (SSSR count). The number of rotatable bonds is 1. The van der Waals surface area contributed by atoms with Gasteiger partial charge in [-0.1, -0.05) is 30.3 Å². The van der Waals surface area contributed by atoms with Crippen molar-refractivity contribution in [3.63, 3.8) is 0 Å². The fourth-order valence-electron chi connectivity index (χ4n) is 2.81. The summed E-state index contributed by atoms with van der Waals surface area (Å²) in [7, 11) is 2.23. The van der Waals surface area contributed by atoms with Crippen LogP contribution in [0.3, 0.4) is 0 Å². The van der Waals surface area contributed by atoms with Crippen LogP contribution in [0.4, 0.5) is 0 Å². The molecule has 0 radical (unpaired) electrons. The summed E-state index contributed by atoms with van der Waals surface area (Å²) in [5, 5.41) is 2.23. The van der Waals surface area contributed by atoms with Crippen LogP contribution >= 0.6 is 11.3 Å². The molecule has 1 aromatic heterocycles. The van der Waals surface area contributed by atoms with E-state index in [0.717, 1.165) is 6.54 Å². The predicted molar refractivity (Wildman–Crippen MR) is 73.5 cm³/mol. The Kier molecular flexibility index (Phi) is 2.57. The largest absolute Gasteiger partial charge is 0.293 e. The topological polar surface area (TPSA) is 3.24 Å². The van der Waals surface area contributed by atoms with E-state index in [9.17, 15) is 0 Å². The highest BCUT2D eigenvalue weighted by Crippen LogP contribution is 2.41. The second-order valence-corrected chi connectivity index (χ2v) is 5.87. The van der Waals surface area contributed by atoms with Crippen molar-refractivity contribution in [2.75, 3.05) is 13.6 Å².